The van der Waals surface area contributed by atoms with Gasteiger partial charge < -0.3 is 24.9 Å². The lowest BCUT2D eigenvalue weighted by Gasteiger charge is -2.13. The van der Waals surface area contributed by atoms with Crippen LogP contribution in [-0.2, 0) is 22.6 Å². The summed E-state index contributed by atoms with van der Waals surface area (Å²) >= 11 is 0. The predicted molar refractivity (Wildman–Crippen MR) is 99.4 cm³/mol. The van der Waals surface area contributed by atoms with Gasteiger partial charge in [-0.05, 0) is 36.2 Å². The Labute approximate surface area is 157 Å². The first-order valence-corrected chi connectivity index (χ1v) is 8.54. The number of rotatable bonds is 10. The van der Waals surface area contributed by atoms with Crippen molar-refractivity contribution in [3.05, 3.63) is 65.2 Å². The van der Waals surface area contributed by atoms with Crippen LogP contribution in [0.15, 0.2) is 53.7 Å². The Morgan fingerprint density at radius 1 is 1.15 bits per heavy atom. The molecule has 0 amide bonds. The second-order valence-electron chi connectivity index (χ2n) is 5.82. The summed E-state index contributed by atoms with van der Waals surface area (Å²) in [6.07, 6.45) is -0.616. The Morgan fingerprint density at radius 3 is 2.48 bits per heavy atom. The fourth-order valence-electron chi connectivity index (χ4n) is 2.53. The van der Waals surface area contributed by atoms with E-state index in [0.717, 1.165) is 5.56 Å². The van der Waals surface area contributed by atoms with Crippen LogP contribution in [0.3, 0.4) is 0 Å². The highest BCUT2D eigenvalue weighted by Crippen LogP contribution is 2.16. The molecule has 27 heavy (non-hydrogen) atoms. The van der Waals surface area contributed by atoms with Crippen molar-refractivity contribution in [1.29, 1.82) is 0 Å². The zero-order chi connectivity index (χ0) is 19.6. The van der Waals surface area contributed by atoms with E-state index in [1.165, 1.54) is 0 Å². The van der Waals surface area contributed by atoms with Crippen molar-refractivity contribution >= 4 is 11.7 Å². The lowest BCUT2D eigenvalue weighted by Crippen LogP contribution is -2.26. The van der Waals surface area contributed by atoms with Crippen LogP contribution in [0.4, 0.5) is 0 Å². The fraction of sp³-hybridized carbons (Fsp3) is 0.300. The number of ether oxygens (including phenoxy) is 2. The van der Waals surface area contributed by atoms with Crippen LogP contribution in [-0.4, -0.2) is 46.4 Å². The Bertz CT molecular complexity index is 772. The Kier molecular flexibility index (Phi) is 7.79. The van der Waals surface area contributed by atoms with E-state index in [-0.39, 0.29) is 19.6 Å². The van der Waals surface area contributed by atoms with E-state index in [1.54, 1.807) is 55.5 Å². The van der Waals surface area contributed by atoms with Gasteiger partial charge in [0.1, 0.15) is 18.1 Å². The van der Waals surface area contributed by atoms with E-state index in [9.17, 15) is 15.1 Å². The second kappa shape index (κ2) is 10.3. The van der Waals surface area contributed by atoms with Crippen molar-refractivity contribution in [2.24, 2.45) is 5.16 Å². The topological polar surface area (TPSA) is 109 Å². The maximum atomic E-state index is 11.1. The molecule has 3 N–H and O–H groups in total. The molecule has 7 nitrogen and oxygen atoms in total. The molecule has 0 aromatic heterocycles. The summed E-state index contributed by atoms with van der Waals surface area (Å²) in [6, 6.07) is 14.0. The summed E-state index contributed by atoms with van der Waals surface area (Å²) in [5.74, 6) is -0.437. The molecule has 0 bridgehead atoms. The first-order chi connectivity index (χ1) is 13.1. The van der Waals surface area contributed by atoms with Gasteiger partial charge >= 0.3 is 5.97 Å². The number of hydrogen-bond acceptors (Lipinski definition) is 6. The van der Waals surface area contributed by atoms with Crippen molar-refractivity contribution in [2.45, 2.75) is 26.1 Å². The number of nitrogens with zero attached hydrogens (tertiary/aromatic N) is 1. The third-order valence-electron chi connectivity index (χ3n) is 3.93. The zero-order valence-electron chi connectivity index (χ0n) is 15.0. The normalized spacial score (nSPS) is 12.6. The molecule has 2 aromatic carbocycles. The van der Waals surface area contributed by atoms with Crippen LogP contribution < -0.4 is 4.74 Å². The number of aliphatic carboxylic acids is 1. The summed E-state index contributed by atoms with van der Waals surface area (Å²) in [5, 5.41) is 30.9. The Morgan fingerprint density at radius 2 is 1.89 bits per heavy atom. The van der Waals surface area contributed by atoms with Crippen LogP contribution in [0.2, 0.25) is 0 Å². The summed E-state index contributed by atoms with van der Waals surface area (Å²) in [7, 11) is 0. The molecule has 0 saturated heterocycles. The summed E-state index contributed by atoms with van der Waals surface area (Å²) in [4.78, 5) is 11.1. The molecular formula is C20H23NO6. The third kappa shape index (κ3) is 6.09. The molecule has 7 heteroatoms. The van der Waals surface area contributed by atoms with Crippen molar-refractivity contribution < 1.29 is 29.7 Å². The van der Waals surface area contributed by atoms with Crippen LogP contribution in [0.5, 0.6) is 5.75 Å². The van der Waals surface area contributed by atoms with E-state index >= 15 is 0 Å². The van der Waals surface area contributed by atoms with Crippen LogP contribution >= 0.6 is 0 Å². The summed E-state index contributed by atoms with van der Waals surface area (Å²) in [6.45, 7) is 2.03. The molecular weight excluding hydrogens is 350 g/mol. The molecule has 0 heterocycles. The first-order valence-electron chi connectivity index (χ1n) is 8.54. The van der Waals surface area contributed by atoms with Crippen LogP contribution in [0.25, 0.3) is 0 Å². The largest absolute Gasteiger partial charge is 0.487 e. The summed E-state index contributed by atoms with van der Waals surface area (Å²) < 4.78 is 10.8. The van der Waals surface area contributed by atoms with Crippen LogP contribution in [0, 0.1) is 0 Å². The number of carboxylic acid groups (broad SMARTS) is 1. The number of carbonyl (C=O) groups is 1. The molecule has 0 spiro atoms. The zero-order valence-corrected chi connectivity index (χ0v) is 15.0. The smallest absolute Gasteiger partial charge is 0.333 e. The molecule has 0 fully saturated rings. The van der Waals surface area contributed by atoms with E-state index in [1.807, 2.05) is 0 Å². The summed E-state index contributed by atoms with van der Waals surface area (Å²) in [5.41, 5.74) is 2.51. The molecule has 2 rings (SSSR count). The molecule has 0 radical (unpaired) electrons. The van der Waals surface area contributed by atoms with Crippen molar-refractivity contribution in [1.82, 2.24) is 0 Å². The van der Waals surface area contributed by atoms with Crippen molar-refractivity contribution in [3.63, 3.8) is 0 Å². The first kappa shape index (κ1) is 20.4. The SMILES string of the molecule is CCOC(Cc1ccc(OCC(=NO)c2cccc(CO)c2)cc1)C(=O)O. The van der Waals surface area contributed by atoms with Crippen LogP contribution in [0.1, 0.15) is 23.6 Å². The van der Waals surface area contributed by atoms with E-state index in [0.29, 0.717) is 29.2 Å². The van der Waals surface area contributed by atoms with Gasteiger partial charge in [-0.1, -0.05) is 35.5 Å². The highest BCUT2D eigenvalue weighted by atomic mass is 16.5. The van der Waals surface area contributed by atoms with Gasteiger partial charge in [0.15, 0.2) is 6.10 Å². The maximum absolute atomic E-state index is 11.1. The molecule has 0 aliphatic heterocycles. The van der Waals surface area contributed by atoms with Gasteiger partial charge in [0, 0.05) is 18.6 Å². The number of hydrogen-bond donors (Lipinski definition) is 3. The minimum atomic E-state index is -0.994. The van der Waals surface area contributed by atoms with Crippen molar-refractivity contribution in [3.8, 4) is 5.75 Å². The quantitative estimate of drug-likeness (QED) is 0.335. The minimum absolute atomic E-state index is 0.0431. The molecule has 0 saturated carbocycles. The second-order valence-corrected chi connectivity index (χ2v) is 5.82. The highest BCUT2D eigenvalue weighted by Gasteiger charge is 2.17. The van der Waals surface area contributed by atoms with Crippen molar-refractivity contribution in [2.75, 3.05) is 13.2 Å². The number of aliphatic hydroxyl groups excluding tert-OH is 1. The lowest BCUT2D eigenvalue weighted by atomic mass is 10.1. The lowest BCUT2D eigenvalue weighted by molar-refractivity contribution is -0.149. The Balaban J connectivity index is 1.98. The van der Waals surface area contributed by atoms with E-state index < -0.39 is 12.1 Å². The molecule has 2 aromatic rings. The van der Waals surface area contributed by atoms with E-state index in [2.05, 4.69) is 5.16 Å². The highest BCUT2D eigenvalue weighted by molar-refractivity contribution is 6.01. The van der Waals surface area contributed by atoms with E-state index in [4.69, 9.17) is 14.6 Å². The average molecular weight is 373 g/mol. The van der Waals surface area contributed by atoms with Gasteiger partial charge in [-0.25, -0.2) is 4.79 Å². The van der Waals surface area contributed by atoms with Gasteiger partial charge in [-0.3, -0.25) is 0 Å². The average Bonchev–Trinajstić information content (AvgIpc) is 2.69. The van der Waals surface area contributed by atoms with Gasteiger partial charge in [-0.15, -0.1) is 0 Å². The number of carboxylic acids is 1. The number of benzene rings is 2. The fourth-order valence-corrected chi connectivity index (χ4v) is 2.53. The van der Waals surface area contributed by atoms with Gasteiger partial charge in [0.05, 0.1) is 6.61 Å². The van der Waals surface area contributed by atoms with Gasteiger partial charge in [0.25, 0.3) is 0 Å². The maximum Gasteiger partial charge on any atom is 0.333 e. The molecule has 144 valence electrons. The standard InChI is InChI=1S/C20H23NO6/c1-2-26-19(20(23)24)11-14-6-8-17(9-7-14)27-13-18(21-25)16-5-3-4-15(10-16)12-22/h3-10,19,22,25H,2,11-13H2,1H3,(H,23,24). The van der Waals surface area contributed by atoms with Gasteiger partial charge in [0.2, 0.25) is 0 Å². The van der Waals surface area contributed by atoms with Gasteiger partial charge in [-0.2, -0.15) is 0 Å². The number of oxime groups is 1. The number of aliphatic hydroxyl groups is 1. The predicted octanol–water partition coefficient (Wildman–Crippen LogP) is 2.47. The molecule has 0 aliphatic carbocycles. The molecule has 1 unspecified atom stereocenters. The minimum Gasteiger partial charge on any atom is -0.487 e. The Hall–Kier alpha value is -2.90. The molecule has 1 atom stereocenters. The third-order valence-corrected chi connectivity index (χ3v) is 3.93. The monoisotopic (exact) mass is 373 g/mol. The molecule has 0 aliphatic rings.